The Bertz CT molecular complexity index is 1020. The van der Waals surface area contributed by atoms with Gasteiger partial charge in [-0.05, 0) is 47.0 Å². The Morgan fingerprint density at radius 3 is 2.14 bits per heavy atom. The van der Waals surface area contributed by atoms with Gasteiger partial charge in [0.25, 0.3) is 5.91 Å². The number of hydrogen-bond acceptors (Lipinski definition) is 3. The van der Waals surface area contributed by atoms with Gasteiger partial charge in [0.05, 0.1) is 19.2 Å². The number of benzene rings is 3. The quantitative estimate of drug-likeness (QED) is 0.620. The highest BCUT2D eigenvalue weighted by molar-refractivity contribution is 6.09. The minimum Gasteiger partial charge on any atom is -0.465 e. The second-order valence-electron chi connectivity index (χ2n) is 6.98. The number of amides is 1. The van der Waals surface area contributed by atoms with Crippen LogP contribution in [0.2, 0.25) is 0 Å². The van der Waals surface area contributed by atoms with Crippen LogP contribution < -0.4 is 4.90 Å². The molecular weight excluding hydrogens is 350 g/mol. The third kappa shape index (κ3) is 3.18. The highest BCUT2D eigenvalue weighted by Gasteiger charge is 2.27. The van der Waals surface area contributed by atoms with Gasteiger partial charge in [-0.1, -0.05) is 49.4 Å². The van der Waals surface area contributed by atoms with E-state index in [0.29, 0.717) is 12.1 Å². The van der Waals surface area contributed by atoms with Gasteiger partial charge in [-0.15, -0.1) is 0 Å². The summed E-state index contributed by atoms with van der Waals surface area (Å²) in [7, 11) is 1.38. The topological polar surface area (TPSA) is 46.6 Å². The molecule has 4 heteroatoms. The van der Waals surface area contributed by atoms with Crippen LogP contribution in [0.5, 0.6) is 0 Å². The largest absolute Gasteiger partial charge is 0.465 e. The molecule has 1 heterocycles. The average Bonchev–Trinajstić information content (AvgIpc) is 3.09. The fraction of sp³-hybridized carbons (Fsp3) is 0.167. The van der Waals surface area contributed by atoms with Gasteiger partial charge in [0.1, 0.15) is 0 Å². The van der Waals surface area contributed by atoms with Gasteiger partial charge in [-0.2, -0.15) is 0 Å². The van der Waals surface area contributed by atoms with E-state index in [1.165, 1.54) is 7.11 Å². The lowest BCUT2D eigenvalue weighted by atomic mass is 9.92. The van der Waals surface area contributed by atoms with Crippen molar-refractivity contribution in [1.82, 2.24) is 0 Å². The monoisotopic (exact) mass is 371 g/mol. The zero-order valence-electron chi connectivity index (χ0n) is 15.9. The standard InChI is InChI=1S/C24H21NO3/c1-16(17-7-9-19(10-8-17)24(27)28-2)18-11-13-21(14-12-18)25-15-20-5-3-4-6-22(20)23(25)26/h3-14,16H,15H2,1-2H3. The zero-order chi connectivity index (χ0) is 19.7. The molecule has 0 saturated heterocycles. The first-order valence-electron chi connectivity index (χ1n) is 9.26. The van der Waals surface area contributed by atoms with Crippen molar-refractivity contribution in [3.8, 4) is 0 Å². The molecule has 4 rings (SSSR count). The van der Waals surface area contributed by atoms with E-state index < -0.39 is 0 Å². The van der Waals surface area contributed by atoms with Crippen molar-refractivity contribution >= 4 is 17.6 Å². The number of methoxy groups -OCH3 is 1. The Morgan fingerprint density at radius 2 is 1.54 bits per heavy atom. The van der Waals surface area contributed by atoms with Gasteiger partial charge in [0.15, 0.2) is 0 Å². The summed E-state index contributed by atoms with van der Waals surface area (Å²) in [4.78, 5) is 26.0. The first-order chi connectivity index (χ1) is 13.6. The predicted octanol–water partition coefficient (Wildman–Crippen LogP) is 4.79. The summed E-state index contributed by atoms with van der Waals surface area (Å²) in [6, 6.07) is 23.3. The molecule has 1 amide bonds. The maximum Gasteiger partial charge on any atom is 0.337 e. The summed E-state index contributed by atoms with van der Waals surface area (Å²) >= 11 is 0. The zero-order valence-corrected chi connectivity index (χ0v) is 15.9. The molecule has 1 aliphatic heterocycles. The van der Waals surface area contributed by atoms with Crippen molar-refractivity contribution in [2.24, 2.45) is 0 Å². The molecule has 1 unspecified atom stereocenters. The van der Waals surface area contributed by atoms with E-state index in [0.717, 1.165) is 27.9 Å². The van der Waals surface area contributed by atoms with Crippen molar-refractivity contribution in [1.29, 1.82) is 0 Å². The number of anilines is 1. The van der Waals surface area contributed by atoms with E-state index in [9.17, 15) is 9.59 Å². The van der Waals surface area contributed by atoms with Crippen LogP contribution in [0.25, 0.3) is 0 Å². The Hall–Kier alpha value is -3.40. The molecule has 4 nitrogen and oxygen atoms in total. The third-order valence-electron chi connectivity index (χ3n) is 5.36. The molecular formula is C24H21NO3. The predicted molar refractivity (Wildman–Crippen MR) is 109 cm³/mol. The average molecular weight is 371 g/mol. The van der Waals surface area contributed by atoms with Gasteiger partial charge in [-0.25, -0.2) is 4.79 Å². The fourth-order valence-corrected chi connectivity index (χ4v) is 3.62. The van der Waals surface area contributed by atoms with Crippen molar-refractivity contribution in [3.05, 3.63) is 101 Å². The molecule has 0 N–H and O–H groups in total. The summed E-state index contributed by atoms with van der Waals surface area (Å²) in [6.45, 7) is 2.73. The van der Waals surface area contributed by atoms with E-state index in [4.69, 9.17) is 4.74 Å². The molecule has 1 aliphatic rings. The first-order valence-corrected chi connectivity index (χ1v) is 9.26. The Morgan fingerprint density at radius 1 is 0.929 bits per heavy atom. The summed E-state index contributed by atoms with van der Waals surface area (Å²) in [5, 5.41) is 0. The van der Waals surface area contributed by atoms with Crippen LogP contribution in [0.15, 0.2) is 72.8 Å². The lowest BCUT2D eigenvalue weighted by molar-refractivity contribution is 0.0600. The number of carbonyl (C=O) groups is 2. The molecule has 0 spiro atoms. The van der Waals surface area contributed by atoms with Crippen LogP contribution >= 0.6 is 0 Å². The molecule has 0 fully saturated rings. The highest BCUT2D eigenvalue weighted by Crippen LogP contribution is 2.31. The summed E-state index contributed by atoms with van der Waals surface area (Å²) < 4.78 is 4.74. The minimum atomic E-state index is -0.333. The van der Waals surface area contributed by atoms with Crippen molar-refractivity contribution in [2.45, 2.75) is 19.4 Å². The molecule has 1 atom stereocenters. The third-order valence-corrected chi connectivity index (χ3v) is 5.36. The van der Waals surface area contributed by atoms with Crippen LogP contribution in [0.3, 0.4) is 0 Å². The molecule has 3 aromatic carbocycles. The van der Waals surface area contributed by atoms with E-state index in [2.05, 4.69) is 19.1 Å². The van der Waals surface area contributed by atoms with E-state index in [1.807, 2.05) is 53.4 Å². The van der Waals surface area contributed by atoms with Crippen LogP contribution in [-0.2, 0) is 11.3 Å². The van der Waals surface area contributed by atoms with Gasteiger partial charge in [0.2, 0.25) is 0 Å². The number of rotatable bonds is 4. The smallest absolute Gasteiger partial charge is 0.337 e. The van der Waals surface area contributed by atoms with Gasteiger partial charge in [-0.3, -0.25) is 4.79 Å². The van der Waals surface area contributed by atoms with Crippen molar-refractivity contribution in [2.75, 3.05) is 12.0 Å². The van der Waals surface area contributed by atoms with Crippen LogP contribution in [0.1, 0.15) is 50.2 Å². The lowest BCUT2D eigenvalue weighted by Gasteiger charge is -2.18. The maximum absolute atomic E-state index is 12.6. The van der Waals surface area contributed by atoms with Gasteiger partial charge in [0, 0.05) is 17.2 Å². The fourth-order valence-electron chi connectivity index (χ4n) is 3.62. The Labute approximate surface area is 164 Å². The number of ether oxygens (including phenoxy) is 1. The molecule has 0 aromatic heterocycles. The Kier molecular flexibility index (Phi) is 4.70. The molecule has 3 aromatic rings. The van der Waals surface area contributed by atoms with Crippen LogP contribution in [-0.4, -0.2) is 19.0 Å². The second kappa shape index (κ2) is 7.31. The minimum absolute atomic E-state index is 0.0507. The Balaban J connectivity index is 1.52. The van der Waals surface area contributed by atoms with Crippen LogP contribution in [0, 0.1) is 0 Å². The second-order valence-corrected chi connectivity index (χ2v) is 6.98. The van der Waals surface area contributed by atoms with Gasteiger partial charge >= 0.3 is 5.97 Å². The van der Waals surface area contributed by atoms with E-state index in [-0.39, 0.29) is 17.8 Å². The number of carbonyl (C=O) groups excluding carboxylic acids is 2. The van der Waals surface area contributed by atoms with E-state index in [1.54, 1.807) is 12.1 Å². The van der Waals surface area contributed by atoms with Crippen LogP contribution in [0.4, 0.5) is 5.69 Å². The summed E-state index contributed by atoms with van der Waals surface area (Å²) in [5.74, 6) is -0.109. The molecule has 0 aliphatic carbocycles. The SMILES string of the molecule is COC(=O)c1ccc(C(C)c2ccc(N3Cc4ccccc4C3=O)cc2)cc1. The first kappa shape index (κ1) is 18.0. The molecule has 140 valence electrons. The van der Waals surface area contributed by atoms with Crippen molar-refractivity contribution in [3.63, 3.8) is 0 Å². The maximum atomic E-state index is 12.6. The highest BCUT2D eigenvalue weighted by atomic mass is 16.5. The summed E-state index contributed by atoms with van der Waals surface area (Å²) in [6.07, 6.45) is 0. The van der Waals surface area contributed by atoms with Gasteiger partial charge < -0.3 is 9.64 Å². The lowest BCUT2D eigenvalue weighted by Crippen LogP contribution is -2.22. The molecule has 0 saturated carbocycles. The number of esters is 1. The van der Waals surface area contributed by atoms with Crippen molar-refractivity contribution < 1.29 is 14.3 Å². The molecule has 0 bridgehead atoms. The molecule has 28 heavy (non-hydrogen) atoms. The summed E-state index contributed by atoms with van der Waals surface area (Å²) in [5.41, 5.74) is 5.56. The molecule has 0 radical (unpaired) electrons. The number of hydrogen-bond donors (Lipinski definition) is 0. The number of nitrogens with zero attached hydrogens (tertiary/aromatic N) is 1. The number of fused-ring (bicyclic) bond motifs is 1. The normalized spacial score (nSPS) is 13.9. The van der Waals surface area contributed by atoms with E-state index >= 15 is 0 Å².